The van der Waals surface area contributed by atoms with E-state index in [-0.39, 0.29) is 22.2 Å². The quantitative estimate of drug-likeness (QED) is 0.136. The van der Waals surface area contributed by atoms with E-state index in [9.17, 15) is 29.4 Å². The molecule has 2 amide bonds. The number of carboxylic acid groups (broad SMARTS) is 2. The number of nitrogens with one attached hydrogen (secondary N) is 1. The number of nitrogen functional groups attached to an aromatic ring is 1. The number of thiazole rings is 1. The molecular formula is C22H22N6O7S3. The number of carbonyl (C=O) groups is 4. The fourth-order valence-electron chi connectivity index (χ4n) is 3.41. The molecule has 2 aliphatic rings. The van der Waals surface area contributed by atoms with E-state index >= 15 is 0 Å². The zero-order chi connectivity index (χ0) is 27.6. The van der Waals surface area contributed by atoms with Crippen LogP contribution in [0.2, 0.25) is 0 Å². The normalized spacial score (nSPS) is 19.5. The maximum atomic E-state index is 13.1. The molecule has 2 aliphatic heterocycles. The van der Waals surface area contributed by atoms with E-state index in [0.29, 0.717) is 17.1 Å². The standard InChI is InChI=1S/C22H22N6O7S3/c1-22(2,20(33)34)35-27-13(12-9-38-21(23)25-12)16(29)26-14-17(30)28-15(19(31)32)10(8-37-18(14)28)7-36-11-3-5-24-6-4-11/h3-6,9,14,18H,7-8H2,1-2H3,(H2,23,25)(H,26,29)(H,31,32)(H,33,34)/t14-,18-/m1/s1. The van der Waals surface area contributed by atoms with Crippen LogP contribution in [0.3, 0.4) is 0 Å². The van der Waals surface area contributed by atoms with E-state index in [4.69, 9.17) is 10.6 Å². The first-order valence-electron chi connectivity index (χ1n) is 10.9. The summed E-state index contributed by atoms with van der Waals surface area (Å²) in [6.07, 6.45) is 3.27. The van der Waals surface area contributed by atoms with Crippen LogP contribution in [0.5, 0.6) is 0 Å². The number of β-lactam (4-membered cyclic amide) rings is 1. The van der Waals surface area contributed by atoms with Crippen LogP contribution in [0.4, 0.5) is 5.13 Å². The van der Waals surface area contributed by atoms with Gasteiger partial charge in [-0.25, -0.2) is 14.6 Å². The van der Waals surface area contributed by atoms with Gasteiger partial charge in [0.15, 0.2) is 10.8 Å². The third-order valence-corrected chi connectivity index (χ3v) is 8.57. The number of aromatic nitrogens is 2. The molecule has 0 aromatic carbocycles. The molecule has 200 valence electrons. The van der Waals surface area contributed by atoms with E-state index < -0.39 is 40.8 Å². The zero-order valence-electron chi connectivity index (χ0n) is 20.0. The maximum absolute atomic E-state index is 13.1. The number of anilines is 1. The molecule has 38 heavy (non-hydrogen) atoms. The van der Waals surface area contributed by atoms with Crippen molar-refractivity contribution in [1.82, 2.24) is 20.2 Å². The van der Waals surface area contributed by atoms with Gasteiger partial charge in [-0.05, 0) is 31.6 Å². The topological polar surface area (TPSA) is 197 Å². The van der Waals surface area contributed by atoms with Gasteiger partial charge in [-0.2, -0.15) is 0 Å². The Morgan fingerprint density at radius 2 is 2.03 bits per heavy atom. The fraction of sp³-hybridized carbons (Fsp3) is 0.318. The number of pyridine rings is 1. The average Bonchev–Trinajstić information content (AvgIpc) is 3.31. The number of nitrogens with two attached hydrogens (primary N) is 1. The van der Waals surface area contributed by atoms with Crippen molar-refractivity contribution in [1.29, 1.82) is 0 Å². The third-order valence-electron chi connectivity index (χ3n) is 5.46. The predicted octanol–water partition coefficient (Wildman–Crippen LogP) is 1.24. The minimum absolute atomic E-state index is 0.0349. The van der Waals surface area contributed by atoms with E-state index in [2.05, 4.69) is 20.4 Å². The van der Waals surface area contributed by atoms with Crippen LogP contribution in [0, 0.1) is 0 Å². The molecule has 2 aromatic heterocycles. The number of amides is 2. The smallest absolute Gasteiger partial charge is 0.352 e. The Kier molecular flexibility index (Phi) is 7.94. The summed E-state index contributed by atoms with van der Waals surface area (Å²) in [6, 6.07) is 2.58. The number of carbonyl (C=O) groups excluding carboxylic acids is 2. The van der Waals surface area contributed by atoms with Crippen molar-refractivity contribution in [3.63, 3.8) is 0 Å². The number of hydrogen-bond acceptors (Lipinski definition) is 12. The molecule has 0 saturated carbocycles. The second-order valence-corrected chi connectivity index (χ2v) is 11.6. The van der Waals surface area contributed by atoms with E-state index in [1.54, 1.807) is 24.5 Å². The van der Waals surface area contributed by atoms with Crippen LogP contribution in [0.15, 0.2) is 51.2 Å². The van der Waals surface area contributed by atoms with Crippen LogP contribution in [0.1, 0.15) is 19.5 Å². The number of aliphatic carboxylic acids is 2. The van der Waals surface area contributed by atoms with Crippen molar-refractivity contribution < 1.29 is 34.2 Å². The van der Waals surface area contributed by atoms with Crippen molar-refractivity contribution >= 4 is 69.5 Å². The number of fused-ring (bicyclic) bond motifs is 1. The number of oxime groups is 1. The number of hydrogen-bond donors (Lipinski definition) is 4. The summed E-state index contributed by atoms with van der Waals surface area (Å²) in [6.45, 7) is 2.50. The summed E-state index contributed by atoms with van der Waals surface area (Å²) in [5.74, 6) is -3.28. The zero-order valence-corrected chi connectivity index (χ0v) is 22.4. The molecule has 0 unspecified atom stereocenters. The average molecular weight is 579 g/mol. The first kappa shape index (κ1) is 27.4. The molecule has 4 heterocycles. The lowest BCUT2D eigenvalue weighted by Gasteiger charge is -2.49. The third kappa shape index (κ3) is 5.61. The molecule has 1 saturated heterocycles. The molecule has 13 nitrogen and oxygen atoms in total. The molecule has 0 bridgehead atoms. The minimum atomic E-state index is -1.75. The maximum Gasteiger partial charge on any atom is 0.352 e. The van der Waals surface area contributed by atoms with Crippen LogP contribution in [0.25, 0.3) is 0 Å². The molecule has 0 radical (unpaired) electrons. The van der Waals surface area contributed by atoms with E-state index in [1.165, 1.54) is 47.7 Å². The Bertz CT molecular complexity index is 1340. The molecule has 2 aromatic rings. The first-order chi connectivity index (χ1) is 18.0. The van der Waals surface area contributed by atoms with Crippen molar-refractivity contribution in [2.24, 2.45) is 5.16 Å². The summed E-state index contributed by atoms with van der Waals surface area (Å²) in [7, 11) is 0. The molecule has 1 fully saturated rings. The van der Waals surface area contributed by atoms with Gasteiger partial charge >= 0.3 is 11.9 Å². The highest BCUT2D eigenvalue weighted by atomic mass is 32.2. The fourth-order valence-corrected chi connectivity index (χ4v) is 6.33. The highest BCUT2D eigenvalue weighted by molar-refractivity contribution is 8.01. The number of thioether (sulfide) groups is 2. The highest BCUT2D eigenvalue weighted by Gasteiger charge is 2.54. The largest absolute Gasteiger partial charge is 0.478 e. The number of rotatable bonds is 10. The van der Waals surface area contributed by atoms with Gasteiger partial charge in [-0.3, -0.25) is 19.5 Å². The lowest BCUT2D eigenvalue weighted by molar-refractivity contribution is -0.161. The van der Waals surface area contributed by atoms with Gasteiger partial charge in [0.05, 0.1) is 0 Å². The van der Waals surface area contributed by atoms with Gasteiger partial charge in [0.1, 0.15) is 22.8 Å². The van der Waals surface area contributed by atoms with Gasteiger partial charge < -0.3 is 26.1 Å². The lowest BCUT2D eigenvalue weighted by Crippen LogP contribution is -2.71. The second-order valence-electron chi connectivity index (χ2n) is 8.51. The predicted molar refractivity (Wildman–Crippen MR) is 141 cm³/mol. The first-order valence-corrected chi connectivity index (χ1v) is 13.9. The van der Waals surface area contributed by atoms with Crippen molar-refractivity contribution in [2.45, 2.75) is 35.8 Å². The molecule has 0 spiro atoms. The monoisotopic (exact) mass is 578 g/mol. The van der Waals surface area contributed by atoms with Crippen molar-refractivity contribution in [3.8, 4) is 0 Å². The van der Waals surface area contributed by atoms with Gasteiger partial charge in [0.25, 0.3) is 11.8 Å². The van der Waals surface area contributed by atoms with Crippen molar-refractivity contribution in [2.75, 3.05) is 17.2 Å². The Labute approximate surface area is 228 Å². The molecule has 4 rings (SSSR count). The SMILES string of the molecule is CC(C)(ON=C(C(=O)N[C@@H]1C(=O)N2C(C(=O)O)=C(CSc3ccncc3)CS[C@H]12)c1csc(N)n1)C(=O)O. The molecule has 5 N–H and O–H groups in total. The summed E-state index contributed by atoms with van der Waals surface area (Å²) in [5.41, 5.74) is 4.07. The summed E-state index contributed by atoms with van der Waals surface area (Å²) < 4.78 is 0. The van der Waals surface area contributed by atoms with Crippen LogP contribution >= 0.6 is 34.9 Å². The lowest BCUT2D eigenvalue weighted by atomic mass is 10.0. The van der Waals surface area contributed by atoms with Gasteiger partial charge in [-0.1, -0.05) is 5.16 Å². The Morgan fingerprint density at radius 1 is 1.32 bits per heavy atom. The van der Waals surface area contributed by atoms with E-state index in [0.717, 1.165) is 16.2 Å². The number of nitrogens with zero attached hydrogens (tertiary/aromatic N) is 4. The van der Waals surface area contributed by atoms with Gasteiger partial charge in [-0.15, -0.1) is 34.9 Å². The van der Waals surface area contributed by atoms with Gasteiger partial charge in [0.2, 0.25) is 5.60 Å². The summed E-state index contributed by atoms with van der Waals surface area (Å²) >= 11 is 3.79. The Morgan fingerprint density at radius 3 is 2.63 bits per heavy atom. The second kappa shape index (κ2) is 11.0. The van der Waals surface area contributed by atoms with Crippen LogP contribution in [-0.4, -0.2) is 83.1 Å². The van der Waals surface area contributed by atoms with E-state index in [1.807, 2.05) is 0 Å². The van der Waals surface area contributed by atoms with Crippen LogP contribution < -0.4 is 11.1 Å². The van der Waals surface area contributed by atoms with Crippen molar-refractivity contribution in [3.05, 3.63) is 46.9 Å². The minimum Gasteiger partial charge on any atom is -0.478 e. The highest BCUT2D eigenvalue weighted by Crippen LogP contribution is 2.41. The summed E-state index contributed by atoms with van der Waals surface area (Å²) in [4.78, 5) is 64.8. The number of carboxylic acids is 2. The molecule has 2 atom stereocenters. The Balaban J connectivity index is 1.52. The Hall–Kier alpha value is -3.63. The molecule has 16 heteroatoms. The summed E-state index contributed by atoms with van der Waals surface area (Å²) in [5, 5.41) is 26.4. The molecular weight excluding hydrogens is 556 g/mol. The van der Waals surface area contributed by atoms with Crippen LogP contribution in [-0.2, 0) is 24.0 Å². The molecule has 0 aliphatic carbocycles. The van der Waals surface area contributed by atoms with Gasteiger partial charge in [0, 0.05) is 34.2 Å².